The lowest BCUT2D eigenvalue weighted by Gasteiger charge is -2.23. The molecule has 0 aromatic carbocycles. The normalized spacial score (nSPS) is 11.1. The molecule has 1 rings (SSSR count). The molecular formula is C11H15FN2O2. The van der Waals surface area contributed by atoms with E-state index in [-0.39, 0.29) is 5.82 Å². The molecule has 5 heteroatoms. The monoisotopic (exact) mass is 226 g/mol. The standard InChI is InChI=1S/C11H15FN2O2/c1-11(2,3)16-10(15)14(4)9-7-5-6-8(12)13-9/h5-7H,1-4H3. The van der Waals surface area contributed by atoms with Crippen LogP contribution in [-0.2, 0) is 4.74 Å². The first-order chi connectivity index (χ1) is 7.29. The van der Waals surface area contributed by atoms with E-state index in [1.54, 1.807) is 20.8 Å². The van der Waals surface area contributed by atoms with E-state index >= 15 is 0 Å². The number of ether oxygens (including phenoxy) is 1. The summed E-state index contributed by atoms with van der Waals surface area (Å²) in [6, 6.07) is 4.23. The zero-order valence-corrected chi connectivity index (χ0v) is 9.82. The van der Waals surface area contributed by atoms with Crippen LogP contribution in [0.25, 0.3) is 0 Å². The molecule has 0 bridgehead atoms. The van der Waals surface area contributed by atoms with Crippen LogP contribution < -0.4 is 4.90 Å². The smallest absolute Gasteiger partial charge is 0.415 e. The Morgan fingerprint density at radius 3 is 2.56 bits per heavy atom. The van der Waals surface area contributed by atoms with Gasteiger partial charge in [0.2, 0.25) is 5.95 Å². The largest absolute Gasteiger partial charge is 0.443 e. The first kappa shape index (κ1) is 12.4. The predicted molar refractivity (Wildman–Crippen MR) is 58.8 cm³/mol. The van der Waals surface area contributed by atoms with Crippen LogP contribution in [0.5, 0.6) is 0 Å². The molecule has 88 valence electrons. The molecule has 1 heterocycles. The van der Waals surface area contributed by atoms with Crippen LogP contribution in [0.15, 0.2) is 18.2 Å². The number of carbonyl (C=O) groups excluding carboxylic acids is 1. The van der Waals surface area contributed by atoms with Crippen molar-refractivity contribution in [3.63, 3.8) is 0 Å². The number of nitrogens with zero attached hydrogens (tertiary/aromatic N) is 2. The second-order valence-electron chi connectivity index (χ2n) is 4.36. The van der Waals surface area contributed by atoms with E-state index in [4.69, 9.17) is 4.74 Å². The van der Waals surface area contributed by atoms with E-state index in [0.29, 0.717) is 0 Å². The third-order valence-electron chi connectivity index (χ3n) is 1.71. The number of hydrogen-bond acceptors (Lipinski definition) is 3. The van der Waals surface area contributed by atoms with Gasteiger partial charge in [0.05, 0.1) is 0 Å². The summed E-state index contributed by atoms with van der Waals surface area (Å²) in [5.41, 5.74) is -0.585. The minimum absolute atomic E-state index is 0.217. The van der Waals surface area contributed by atoms with Crippen molar-refractivity contribution in [2.45, 2.75) is 26.4 Å². The first-order valence-electron chi connectivity index (χ1n) is 4.89. The maximum absolute atomic E-state index is 12.8. The molecule has 0 unspecified atom stereocenters. The quantitative estimate of drug-likeness (QED) is 0.691. The topological polar surface area (TPSA) is 42.4 Å². The Balaban J connectivity index is 2.78. The van der Waals surface area contributed by atoms with Gasteiger partial charge in [-0.2, -0.15) is 4.39 Å². The van der Waals surface area contributed by atoms with Crippen molar-refractivity contribution in [2.24, 2.45) is 0 Å². The minimum atomic E-state index is -0.632. The highest BCUT2D eigenvalue weighted by Gasteiger charge is 2.21. The maximum Gasteiger partial charge on any atom is 0.415 e. The fraction of sp³-hybridized carbons (Fsp3) is 0.455. The number of carbonyl (C=O) groups is 1. The van der Waals surface area contributed by atoms with E-state index in [2.05, 4.69) is 4.98 Å². The van der Waals surface area contributed by atoms with Crippen LogP contribution >= 0.6 is 0 Å². The second kappa shape index (κ2) is 4.47. The lowest BCUT2D eigenvalue weighted by molar-refractivity contribution is 0.0588. The summed E-state index contributed by atoms with van der Waals surface area (Å²) < 4.78 is 18.0. The first-order valence-corrected chi connectivity index (χ1v) is 4.89. The molecule has 1 aromatic rings. The average Bonchev–Trinajstić information content (AvgIpc) is 2.14. The van der Waals surface area contributed by atoms with Gasteiger partial charge < -0.3 is 4.74 Å². The molecule has 0 aliphatic rings. The summed E-state index contributed by atoms with van der Waals surface area (Å²) in [7, 11) is 1.48. The molecule has 0 aliphatic carbocycles. The summed E-state index contributed by atoms with van der Waals surface area (Å²) >= 11 is 0. The third-order valence-corrected chi connectivity index (χ3v) is 1.71. The summed E-state index contributed by atoms with van der Waals surface area (Å²) in [5, 5.41) is 0. The molecule has 0 aliphatic heterocycles. The molecular weight excluding hydrogens is 211 g/mol. The highest BCUT2D eigenvalue weighted by atomic mass is 19.1. The Labute approximate surface area is 94.0 Å². The van der Waals surface area contributed by atoms with Gasteiger partial charge in [-0.3, -0.25) is 4.90 Å². The SMILES string of the molecule is CN(C(=O)OC(C)(C)C)c1cccc(F)n1. The van der Waals surface area contributed by atoms with Crippen LogP contribution in [0.3, 0.4) is 0 Å². The lowest BCUT2D eigenvalue weighted by Crippen LogP contribution is -2.34. The number of halogens is 1. The highest BCUT2D eigenvalue weighted by Crippen LogP contribution is 2.14. The Bertz CT molecular complexity index is 388. The van der Waals surface area contributed by atoms with Gasteiger partial charge in [0.1, 0.15) is 11.4 Å². The van der Waals surface area contributed by atoms with E-state index in [0.717, 1.165) is 4.90 Å². The predicted octanol–water partition coefficient (Wildman–Crippen LogP) is 2.59. The highest BCUT2D eigenvalue weighted by molar-refractivity contribution is 5.85. The molecule has 4 nitrogen and oxygen atoms in total. The average molecular weight is 226 g/mol. The maximum atomic E-state index is 12.8. The van der Waals surface area contributed by atoms with Crippen molar-refractivity contribution in [2.75, 3.05) is 11.9 Å². The van der Waals surface area contributed by atoms with Crippen molar-refractivity contribution < 1.29 is 13.9 Å². The number of aromatic nitrogens is 1. The van der Waals surface area contributed by atoms with Crippen molar-refractivity contribution in [1.82, 2.24) is 4.98 Å². The minimum Gasteiger partial charge on any atom is -0.443 e. The van der Waals surface area contributed by atoms with Gasteiger partial charge in [-0.25, -0.2) is 9.78 Å². The third kappa shape index (κ3) is 3.49. The molecule has 0 fully saturated rings. The lowest BCUT2D eigenvalue weighted by atomic mass is 10.2. The molecule has 0 atom stereocenters. The number of rotatable bonds is 1. The van der Waals surface area contributed by atoms with Gasteiger partial charge in [-0.15, -0.1) is 0 Å². The molecule has 0 N–H and O–H groups in total. The molecule has 1 amide bonds. The number of pyridine rings is 1. The summed E-state index contributed by atoms with van der Waals surface area (Å²) in [4.78, 5) is 16.4. The summed E-state index contributed by atoms with van der Waals surface area (Å²) in [6.07, 6.45) is -0.564. The Kier molecular flexibility index (Phi) is 3.47. The number of hydrogen-bond donors (Lipinski definition) is 0. The van der Waals surface area contributed by atoms with Gasteiger partial charge in [0.15, 0.2) is 0 Å². The van der Waals surface area contributed by atoms with Crippen molar-refractivity contribution in [1.29, 1.82) is 0 Å². The fourth-order valence-electron chi connectivity index (χ4n) is 1.01. The number of amides is 1. The molecule has 16 heavy (non-hydrogen) atoms. The van der Waals surface area contributed by atoms with Crippen LogP contribution in [0.1, 0.15) is 20.8 Å². The Morgan fingerprint density at radius 1 is 1.44 bits per heavy atom. The van der Waals surface area contributed by atoms with Crippen molar-refractivity contribution in [3.8, 4) is 0 Å². The Morgan fingerprint density at radius 2 is 2.06 bits per heavy atom. The van der Waals surface area contributed by atoms with Gasteiger partial charge in [0.25, 0.3) is 0 Å². The van der Waals surface area contributed by atoms with Gasteiger partial charge in [-0.1, -0.05) is 6.07 Å². The second-order valence-corrected chi connectivity index (χ2v) is 4.36. The zero-order chi connectivity index (χ0) is 12.3. The molecule has 0 saturated heterocycles. The Hall–Kier alpha value is -1.65. The van der Waals surface area contributed by atoms with Crippen LogP contribution in [0.4, 0.5) is 15.0 Å². The van der Waals surface area contributed by atoms with Gasteiger partial charge in [-0.05, 0) is 32.9 Å². The molecule has 0 radical (unpaired) electrons. The van der Waals surface area contributed by atoms with Crippen LogP contribution in [-0.4, -0.2) is 23.7 Å². The van der Waals surface area contributed by atoms with E-state index in [1.165, 1.54) is 25.2 Å². The van der Waals surface area contributed by atoms with Gasteiger partial charge in [0, 0.05) is 7.05 Å². The van der Waals surface area contributed by atoms with E-state index < -0.39 is 17.6 Å². The fourth-order valence-corrected chi connectivity index (χ4v) is 1.01. The molecule has 0 spiro atoms. The summed E-state index contributed by atoms with van der Waals surface area (Å²) in [6.45, 7) is 5.28. The molecule has 0 saturated carbocycles. The van der Waals surface area contributed by atoms with E-state index in [1.807, 2.05) is 0 Å². The van der Waals surface area contributed by atoms with Crippen molar-refractivity contribution in [3.05, 3.63) is 24.1 Å². The zero-order valence-electron chi connectivity index (χ0n) is 9.82. The van der Waals surface area contributed by atoms with Gasteiger partial charge >= 0.3 is 6.09 Å². The number of anilines is 1. The van der Waals surface area contributed by atoms with E-state index in [9.17, 15) is 9.18 Å². The summed E-state index contributed by atoms with van der Waals surface area (Å²) in [5.74, 6) is -0.415. The van der Waals surface area contributed by atoms with Crippen LogP contribution in [0, 0.1) is 5.95 Å². The van der Waals surface area contributed by atoms with Crippen LogP contribution in [0.2, 0.25) is 0 Å². The molecule has 1 aromatic heterocycles. The van der Waals surface area contributed by atoms with Crippen molar-refractivity contribution >= 4 is 11.9 Å².